The molecule has 0 amide bonds. The van der Waals surface area contributed by atoms with E-state index >= 15 is 0 Å². The van der Waals surface area contributed by atoms with Gasteiger partial charge in [-0.2, -0.15) is 0 Å². The number of hydrogen-bond acceptors (Lipinski definition) is 3. The average Bonchev–Trinajstić information content (AvgIpc) is 2.00. The highest BCUT2D eigenvalue weighted by molar-refractivity contribution is 4.42. The van der Waals surface area contributed by atoms with Crippen LogP contribution in [0.5, 0.6) is 0 Å². The number of ether oxygens (including phenoxy) is 3. The van der Waals surface area contributed by atoms with Crippen molar-refractivity contribution in [2.24, 2.45) is 0 Å². The monoisotopic (exact) mass is 191 g/mol. The van der Waals surface area contributed by atoms with Gasteiger partial charge >= 0.3 is 6.16 Å². The second-order valence-corrected chi connectivity index (χ2v) is 2.95. The molecule has 0 spiro atoms. The molecule has 0 aromatic rings. The summed E-state index contributed by atoms with van der Waals surface area (Å²) in [6, 6.07) is 0. The quantitative estimate of drug-likeness (QED) is 0.577. The fourth-order valence-electron chi connectivity index (χ4n) is 0.802. The van der Waals surface area contributed by atoms with Gasteiger partial charge in [0.1, 0.15) is 0 Å². The molecule has 79 valence electrons. The lowest BCUT2D eigenvalue weighted by Crippen LogP contribution is -2.40. The molecule has 0 saturated carbocycles. The molecular formula is C9H19O4. The van der Waals surface area contributed by atoms with Crippen LogP contribution in [0.2, 0.25) is 0 Å². The van der Waals surface area contributed by atoms with Gasteiger partial charge in [-0.15, -0.1) is 5.11 Å². The minimum absolute atomic E-state index is 0.207. The van der Waals surface area contributed by atoms with Gasteiger partial charge in [-0.1, -0.05) is 6.92 Å². The molecule has 0 bridgehead atoms. The Morgan fingerprint density at radius 1 is 1.23 bits per heavy atom. The van der Waals surface area contributed by atoms with Crippen molar-refractivity contribution in [1.29, 1.82) is 0 Å². The molecule has 0 rings (SSSR count). The summed E-state index contributed by atoms with van der Waals surface area (Å²) in [4.78, 5) is 0. The molecule has 0 aliphatic carbocycles. The van der Waals surface area contributed by atoms with Crippen LogP contribution in [0.15, 0.2) is 0 Å². The average molecular weight is 191 g/mol. The lowest BCUT2D eigenvalue weighted by Gasteiger charge is -2.26. The molecule has 4 nitrogen and oxygen atoms in total. The second kappa shape index (κ2) is 6.32. The highest BCUT2D eigenvalue weighted by atomic mass is 17.0. The van der Waals surface area contributed by atoms with E-state index in [1.807, 2.05) is 6.92 Å². The first-order chi connectivity index (χ1) is 6.04. The van der Waals surface area contributed by atoms with Crippen LogP contribution in [0.25, 0.3) is 0 Å². The lowest BCUT2D eigenvalue weighted by molar-refractivity contribution is -0.514. The SMILES string of the molecule is CCCOC([O])(OCC)OC(C)C. The molecule has 4 heteroatoms. The predicted octanol–water partition coefficient (Wildman–Crippen LogP) is 1.92. The van der Waals surface area contributed by atoms with Crippen molar-refractivity contribution in [1.82, 2.24) is 0 Å². The summed E-state index contributed by atoms with van der Waals surface area (Å²) in [7, 11) is 0. The van der Waals surface area contributed by atoms with Crippen LogP contribution in [0.3, 0.4) is 0 Å². The zero-order valence-corrected chi connectivity index (χ0v) is 8.83. The van der Waals surface area contributed by atoms with E-state index in [2.05, 4.69) is 0 Å². The summed E-state index contributed by atoms with van der Waals surface area (Å²) < 4.78 is 14.8. The summed E-state index contributed by atoms with van der Waals surface area (Å²) in [5.41, 5.74) is 0. The summed E-state index contributed by atoms with van der Waals surface area (Å²) in [5, 5.41) is 11.6. The van der Waals surface area contributed by atoms with E-state index in [-0.39, 0.29) is 12.7 Å². The maximum atomic E-state index is 11.6. The van der Waals surface area contributed by atoms with Crippen molar-refractivity contribution in [3.63, 3.8) is 0 Å². The smallest absolute Gasteiger partial charge is 0.302 e. The van der Waals surface area contributed by atoms with Crippen LogP contribution in [0, 0.1) is 0 Å². The fraction of sp³-hybridized carbons (Fsp3) is 1.00. The van der Waals surface area contributed by atoms with Gasteiger partial charge in [0.2, 0.25) is 0 Å². The van der Waals surface area contributed by atoms with E-state index in [0.29, 0.717) is 6.61 Å². The fourth-order valence-corrected chi connectivity index (χ4v) is 0.802. The molecule has 0 N–H and O–H groups in total. The molecule has 1 atom stereocenters. The van der Waals surface area contributed by atoms with E-state index < -0.39 is 6.16 Å². The van der Waals surface area contributed by atoms with Crippen LogP contribution < -0.4 is 0 Å². The van der Waals surface area contributed by atoms with Crippen LogP contribution in [0.1, 0.15) is 34.1 Å². The molecule has 0 aromatic heterocycles. The summed E-state index contributed by atoms with van der Waals surface area (Å²) in [6.45, 7) is 7.80. The van der Waals surface area contributed by atoms with Crippen LogP contribution in [-0.4, -0.2) is 25.5 Å². The Balaban J connectivity index is 3.99. The van der Waals surface area contributed by atoms with Crippen LogP contribution in [-0.2, 0) is 19.3 Å². The van der Waals surface area contributed by atoms with Gasteiger partial charge in [-0.3, -0.25) is 4.74 Å². The van der Waals surface area contributed by atoms with Crippen molar-refractivity contribution >= 4 is 0 Å². The third-order valence-corrected chi connectivity index (χ3v) is 1.18. The Morgan fingerprint density at radius 2 is 1.85 bits per heavy atom. The van der Waals surface area contributed by atoms with E-state index in [9.17, 15) is 5.11 Å². The van der Waals surface area contributed by atoms with Crippen LogP contribution >= 0.6 is 0 Å². The van der Waals surface area contributed by atoms with E-state index in [1.54, 1.807) is 20.8 Å². The Bertz CT molecular complexity index is 127. The van der Waals surface area contributed by atoms with Gasteiger partial charge < -0.3 is 9.47 Å². The Kier molecular flexibility index (Phi) is 6.24. The summed E-state index contributed by atoms with van der Waals surface area (Å²) in [5.74, 6) is 0. The van der Waals surface area contributed by atoms with Crippen molar-refractivity contribution in [2.75, 3.05) is 13.2 Å². The maximum Gasteiger partial charge on any atom is 0.440 e. The van der Waals surface area contributed by atoms with Crippen molar-refractivity contribution in [3.8, 4) is 0 Å². The normalized spacial score (nSPS) is 16.2. The Labute approximate surface area is 79.8 Å². The van der Waals surface area contributed by atoms with Crippen molar-refractivity contribution in [3.05, 3.63) is 0 Å². The summed E-state index contributed by atoms with van der Waals surface area (Å²) in [6.07, 6.45) is -1.57. The van der Waals surface area contributed by atoms with Gasteiger partial charge in [-0.05, 0) is 27.2 Å². The minimum atomic E-state index is -2.13. The summed E-state index contributed by atoms with van der Waals surface area (Å²) >= 11 is 0. The highest BCUT2D eigenvalue weighted by Crippen LogP contribution is 2.15. The molecule has 0 saturated heterocycles. The molecule has 13 heavy (non-hydrogen) atoms. The van der Waals surface area contributed by atoms with Gasteiger partial charge in [0.05, 0.1) is 19.3 Å². The Hall–Kier alpha value is -0.160. The first kappa shape index (κ1) is 12.8. The molecule has 0 aliphatic heterocycles. The first-order valence-electron chi connectivity index (χ1n) is 4.70. The standard InChI is InChI=1S/C9H19O4/c1-5-7-12-9(10,11-6-2)13-8(3)4/h8H,5-7H2,1-4H3. The van der Waals surface area contributed by atoms with Gasteiger partial charge in [0, 0.05) is 0 Å². The van der Waals surface area contributed by atoms with E-state index in [0.717, 1.165) is 6.42 Å². The third-order valence-electron chi connectivity index (χ3n) is 1.18. The molecule has 1 unspecified atom stereocenters. The van der Waals surface area contributed by atoms with E-state index in [1.165, 1.54) is 0 Å². The number of rotatable bonds is 7. The minimum Gasteiger partial charge on any atom is -0.302 e. The molecule has 0 aromatic carbocycles. The second-order valence-electron chi connectivity index (χ2n) is 2.95. The molecular weight excluding hydrogens is 172 g/mol. The predicted molar refractivity (Wildman–Crippen MR) is 47.5 cm³/mol. The largest absolute Gasteiger partial charge is 0.440 e. The molecule has 0 aliphatic rings. The van der Waals surface area contributed by atoms with E-state index in [4.69, 9.17) is 14.2 Å². The van der Waals surface area contributed by atoms with Crippen molar-refractivity contribution < 1.29 is 19.3 Å². The lowest BCUT2D eigenvalue weighted by atomic mass is 10.5. The van der Waals surface area contributed by atoms with Gasteiger partial charge in [0.15, 0.2) is 0 Å². The Morgan fingerprint density at radius 3 is 2.23 bits per heavy atom. The molecule has 0 fully saturated rings. The third kappa shape index (κ3) is 5.99. The molecule has 0 heterocycles. The molecule has 1 radical (unpaired) electrons. The first-order valence-corrected chi connectivity index (χ1v) is 4.70. The van der Waals surface area contributed by atoms with Crippen LogP contribution in [0.4, 0.5) is 0 Å². The topological polar surface area (TPSA) is 47.6 Å². The zero-order valence-electron chi connectivity index (χ0n) is 8.83. The van der Waals surface area contributed by atoms with Gasteiger partial charge in [0.25, 0.3) is 0 Å². The zero-order chi connectivity index (χ0) is 10.3. The van der Waals surface area contributed by atoms with Gasteiger partial charge in [-0.25, -0.2) is 0 Å². The highest BCUT2D eigenvalue weighted by Gasteiger charge is 2.33. The van der Waals surface area contributed by atoms with Crippen molar-refractivity contribution in [2.45, 2.75) is 46.4 Å². The number of hydrogen-bond donors (Lipinski definition) is 0. The maximum absolute atomic E-state index is 11.6.